The van der Waals surface area contributed by atoms with E-state index >= 15 is 0 Å². The van der Waals surface area contributed by atoms with Gasteiger partial charge in [0.1, 0.15) is 5.82 Å². The van der Waals surface area contributed by atoms with Crippen LogP contribution in [-0.2, 0) is 4.74 Å². The number of methoxy groups -OCH3 is 1. The maximum absolute atomic E-state index is 13.5. The van der Waals surface area contributed by atoms with E-state index in [1.54, 1.807) is 13.2 Å². The summed E-state index contributed by atoms with van der Waals surface area (Å²) in [4.78, 5) is 2.30. The van der Waals surface area contributed by atoms with Crippen LogP contribution in [0.4, 0.5) is 4.39 Å². The molecule has 1 aliphatic rings. The normalized spacial score (nSPS) is 16.9. The highest BCUT2D eigenvalue weighted by atomic mass is 35.5. The summed E-state index contributed by atoms with van der Waals surface area (Å²) in [5, 5.41) is 0.413. The Morgan fingerprint density at radius 3 is 2.74 bits per heavy atom. The van der Waals surface area contributed by atoms with E-state index in [-0.39, 0.29) is 11.9 Å². The fraction of sp³-hybridized carbons (Fsp3) is 0.571. The number of benzene rings is 1. The van der Waals surface area contributed by atoms with Crippen LogP contribution < -0.4 is 5.73 Å². The molecule has 5 heteroatoms. The zero-order valence-electron chi connectivity index (χ0n) is 11.1. The molecule has 0 saturated heterocycles. The predicted molar refractivity (Wildman–Crippen MR) is 74.8 cm³/mol. The number of nitrogens with zero attached hydrogens (tertiary/aromatic N) is 1. The van der Waals surface area contributed by atoms with Gasteiger partial charge >= 0.3 is 0 Å². The smallest absolute Gasteiger partial charge is 0.125 e. The van der Waals surface area contributed by atoms with Crippen LogP contribution in [0.1, 0.15) is 24.4 Å². The molecule has 0 spiro atoms. The van der Waals surface area contributed by atoms with Crippen molar-refractivity contribution in [2.75, 3.05) is 26.8 Å². The van der Waals surface area contributed by atoms with E-state index in [0.717, 1.165) is 12.1 Å². The molecule has 0 bridgehead atoms. The topological polar surface area (TPSA) is 38.5 Å². The molecular weight excluding hydrogens is 267 g/mol. The highest BCUT2D eigenvalue weighted by molar-refractivity contribution is 6.30. The maximum atomic E-state index is 13.5. The zero-order chi connectivity index (χ0) is 13.8. The van der Waals surface area contributed by atoms with Gasteiger partial charge in [-0.3, -0.25) is 4.90 Å². The van der Waals surface area contributed by atoms with E-state index < -0.39 is 0 Å². The van der Waals surface area contributed by atoms with Crippen molar-refractivity contribution in [3.05, 3.63) is 34.6 Å². The van der Waals surface area contributed by atoms with Gasteiger partial charge in [0.05, 0.1) is 6.61 Å². The Hall–Kier alpha value is -0.680. The molecule has 0 aromatic heterocycles. The van der Waals surface area contributed by atoms with Crippen LogP contribution >= 0.6 is 11.6 Å². The molecule has 0 heterocycles. The summed E-state index contributed by atoms with van der Waals surface area (Å²) in [6.45, 7) is 1.90. The number of halogens is 2. The van der Waals surface area contributed by atoms with Gasteiger partial charge in [-0.25, -0.2) is 4.39 Å². The van der Waals surface area contributed by atoms with Gasteiger partial charge in [-0.05, 0) is 36.6 Å². The monoisotopic (exact) mass is 286 g/mol. The van der Waals surface area contributed by atoms with Crippen LogP contribution in [0.25, 0.3) is 0 Å². The predicted octanol–water partition coefficient (Wildman–Crippen LogP) is 2.59. The average molecular weight is 287 g/mol. The molecule has 1 atom stereocenters. The van der Waals surface area contributed by atoms with Crippen LogP contribution in [0.5, 0.6) is 0 Å². The van der Waals surface area contributed by atoms with Gasteiger partial charge in [-0.1, -0.05) is 11.6 Å². The summed E-state index contributed by atoms with van der Waals surface area (Å²) in [6.07, 6.45) is 2.34. The highest BCUT2D eigenvalue weighted by Crippen LogP contribution is 2.34. The molecule has 106 valence electrons. The van der Waals surface area contributed by atoms with Crippen LogP contribution in [0.2, 0.25) is 5.02 Å². The van der Waals surface area contributed by atoms with Gasteiger partial charge < -0.3 is 10.5 Å². The van der Waals surface area contributed by atoms with E-state index in [4.69, 9.17) is 22.1 Å². The second-order valence-electron chi connectivity index (χ2n) is 4.92. The first kappa shape index (κ1) is 14.7. The van der Waals surface area contributed by atoms with Crippen molar-refractivity contribution in [2.24, 2.45) is 5.73 Å². The van der Waals surface area contributed by atoms with E-state index in [0.29, 0.717) is 24.2 Å². The molecule has 0 radical (unpaired) electrons. The van der Waals surface area contributed by atoms with Crippen LogP contribution in [-0.4, -0.2) is 37.7 Å². The summed E-state index contributed by atoms with van der Waals surface area (Å²) in [6, 6.07) is 5.16. The third-order valence-corrected chi connectivity index (χ3v) is 3.68. The molecular formula is C14H20ClFN2O. The molecule has 3 nitrogen and oxygen atoms in total. The molecule has 2 N–H and O–H groups in total. The lowest BCUT2D eigenvalue weighted by Gasteiger charge is -2.31. The van der Waals surface area contributed by atoms with Crippen LogP contribution in [0.15, 0.2) is 18.2 Å². The summed E-state index contributed by atoms with van der Waals surface area (Å²) in [7, 11) is 1.68. The third-order valence-electron chi connectivity index (χ3n) is 3.46. The minimum Gasteiger partial charge on any atom is -0.383 e. The van der Waals surface area contributed by atoms with Crippen molar-refractivity contribution >= 4 is 11.6 Å². The standard InChI is InChI=1S/C14H20ClFN2O/c1-19-5-4-18(13-2-3-13)14(9-17)10-6-11(15)8-12(16)7-10/h6-8,13-14H,2-5,9,17H2,1H3. The van der Waals surface area contributed by atoms with Crippen molar-refractivity contribution in [3.8, 4) is 0 Å². The number of nitrogens with two attached hydrogens (primary N) is 1. The van der Waals surface area contributed by atoms with Crippen molar-refractivity contribution in [2.45, 2.75) is 24.9 Å². The molecule has 1 fully saturated rings. The van der Waals surface area contributed by atoms with Gasteiger partial charge in [0.25, 0.3) is 0 Å². The summed E-state index contributed by atoms with van der Waals surface area (Å²) in [5.74, 6) is -0.316. The maximum Gasteiger partial charge on any atom is 0.125 e. The largest absolute Gasteiger partial charge is 0.383 e. The molecule has 2 rings (SSSR count). The summed E-state index contributed by atoms with van der Waals surface area (Å²) in [5.41, 5.74) is 6.74. The van der Waals surface area contributed by atoms with E-state index in [9.17, 15) is 4.39 Å². The van der Waals surface area contributed by atoms with E-state index in [1.807, 2.05) is 0 Å². The van der Waals surface area contributed by atoms with Gasteiger partial charge in [0.15, 0.2) is 0 Å². The van der Waals surface area contributed by atoms with Gasteiger partial charge in [-0.2, -0.15) is 0 Å². The first-order valence-corrected chi connectivity index (χ1v) is 6.94. The third kappa shape index (κ3) is 3.89. The van der Waals surface area contributed by atoms with Crippen molar-refractivity contribution < 1.29 is 9.13 Å². The quantitative estimate of drug-likeness (QED) is 0.837. The molecule has 1 aromatic rings. The highest BCUT2D eigenvalue weighted by Gasteiger charge is 2.34. The molecule has 0 amide bonds. The first-order chi connectivity index (χ1) is 9.15. The molecule has 19 heavy (non-hydrogen) atoms. The Bertz CT molecular complexity index is 406. The average Bonchev–Trinajstić information content (AvgIpc) is 3.17. The second kappa shape index (κ2) is 6.66. The lowest BCUT2D eigenvalue weighted by Crippen LogP contribution is -2.37. The molecule has 1 saturated carbocycles. The Morgan fingerprint density at radius 1 is 1.47 bits per heavy atom. The SMILES string of the molecule is COCCN(C1CC1)C(CN)c1cc(F)cc(Cl)c1. The molecule has 1 aromatic carbocycles. The van der Waals surface area contributed by atoms with Gasteiger partial charge in [0, 0.05) is 37.3 Å². The molecule has 1 aliphatic carbocycles. The first-order valence-electron chi connectivity index (χ1n) is 6.56. The van der Waals surface area contributed by atoms with Gasteiger partial charge in [0.2, 0.25) is 0 Å². The zero-order valence-corrected chi connectivity index (χ0v) is 11.9. The van der Waals surface area contributed by atoms with Crippen LogP contribution in [0.3, 0.4) is 0 Å². The Balaban J connectivity index is 2.20. The fourth-order valence-corrected chi connectivity index (χ4v) is 2.66. The number of hydrogen-bond donors (Lipinski definition) is 1. The lowest BCUT2D eigenvalue weighted by atomic mass is 10.0. The minimum atomic E-state index is -0.316. The fourth-order valence-electron chi connectivity index (χ4n) is 2.43. The van der Waals surface area contributed by atoms with E-state index in [1.165, 1.54) is 25.0 Å². The second-order valence-corrected chi connectivity index (χ2v) is 5.35. The lowest BCUT2D eigenvalue weighted by molar-refractivity contribution is 0.115. The minimum absolute atomic E-state index is 0.00384. The van der Waals surface area contributed by atoms with Crippen molar-refractivity contribution in [1.82, 2.24) is 4.90 Å². The Kier molecular flexibility index (Phi) is 5.16. The summed E-state index contributed by atoms with van der Waals surface area (Å²) >= 11 is 5.93. The van der Waals surface area contributed by atoms with E-state index in [2.05, 4.69) is 4.90 Å². The van der Waals surface area contributed by atoms with Crippen molar-refractivity contribution in [3.63, 3.8) is 0 Å². The number of ether oxygens (including phenoxy) is 1. The van der Waals surface area contributed by atoms with Crippen LogP contribution in [0, 0.1) is 5.82 Å². The Morgan fingerprint density at radius 2 is 2.21 bits per heavy atom. The number of rotatable bonds is 7. The Labute approximate surface area is 118 Å². The molecule has 0 aliphatic heterocycles. The van der Waals surface area contributed by atoms with Crippen molar-refractivity contribution in [1.29, 1.82) is 0 Å². The van der Waals surface area contributed by atoms with Gasteiger partial charge in [-0.15, -0.1) is 0 Å². The summed E-state index contributed by atoms with van der Waals surface area (Å²) < 4.78 is 18.6. The number of hydrogen-bond acceptors (Lipinski definition) is 3. The molecule has 1 unspecified atom stereocenters.